The van der Waals surface area contributed by atoms with E-state index in [1.165, 1.54) is 12.8 Å². The highest BCUT2D eigenvalue weighted by molar-refractivity contribution is 9.10. The predicted octanol–water partition coefficient (Wildman–Crippen LogP) is 3.46. The van der Waals surface area contributed by atoms with Crippen LogP contribution in [0.2, 0.25) is 0 Å². The maximum atomic E-state index is 5.19. The van der Waals surface area contributed by atoms with Gasteiger partial charge in [0.15, 0.2) is 5.82 Å². The topological polar surface area (TPSA) is 46.0 Å². The second-order valence-electron chi connectivity index (χ2n) is 4.24. The molecule has 0 atom stereocenters. The van der Waals surface area contributed by atoms with Crippen molar-refractivity contribution >= 4 is 34.4 Å². The molecule has 0 saturated heterocycles. The fourth-order valence-corrected chi connectivity index (χ4v) is 2.29. The predicted molar refractivity (Wildman–Crippen MR) is 76.5 cm³/mol. The summed E-state index contributed by atoms with van der Waals surface area (Å²) in [5.74, 6) is 1.44. The summed E-state index contributed by atoms with van der Waals surface area (Å²) in [5, 5.41) is 11.5. The smallest absolute Gasteiger partial charge is 0.216 e. The quantitative estimate of drug-likeness (QED) is 0.694. The van der Waals surface area contributed by atoms with Gasteiger partial charge in [0.2, 0.25) is 4.77 Å². The van der Waals surface area contributed by atoms with E-state index < -0.39 is 0 Å². The number of hydrogen-bond acceptors (Lipinski definition) is 3. The minimum atomic E-state index is 0.509. The largest absolute Gasteiger partial charge is 0.250 e. The Morgan fingerprint density at radius 3 is 2.94 bits per heavy atom. The van der Waals surface area contributed by atoms with E-state index in [-0.39, 0.29) is 0 Å². The number of H-pyrrole nitrogens is 1. The van der Waals surface area contributed by atoms with E-state index >= 15 is 0 Å². The molecule has 0 unspecified atom stereocenters. The maximum absolute atomic E-state index is 5.19. The lowest BCUT2D eigenvalue weighted by molar-refractivity contribution is 0.773. The summed E-state index contributed by atoms with van der Waals surface area (Å²) >= 11 is 8.68. The molecular weight excluding hydrogens is 312 g/mol. The van der Waals surface area contributed by atoms with Gasteiger partial charge in [-0.1, -0.05) is 34.1 Å². The Morgan fingerprint density at radius 1 is 1.44 bits per heavy atom. The first kappa shape index (κ1) is 11.8. The molecule has 0 bridgehead atoms. The molecule has 0 aliphatic heterocycles. The van der Waals surface area contributed by atoms with Gasteiger partial charge in [0.05, 0.1) is 6.21 Å². The van der Waals surface area contributed by atoms with Crippen molar-refractivity contribution in [1.82, 2.24) is 14.9 Å². The second kappa shape index (κ2) is 4.78. The van der Waals surface area contributed by atoms with E-state index in [0.29, 0.717) is 10.7 Å². The van der Waals surface area contributed by atoms with Crippen LogP contribution in [0.25, 0.3) is 0 Å². The molecule has 1 aromatic carbocycles. The molecule has 1 heterocycles. The van der Waals surface area contributed by atoms with Crippen molar-refractivity contribution in [3.05, 3.63) is 44.9 Å². The van der Waals surface area contributed by atoms with Gasteiger partial charge in [0, 0.05) is 16.0 Å². The molecule has 1 fully saturated rings. The van der Waals surface area contributed by atoms with Crippen LogP contribution in [0.3, 0.4) is 0 Å². The Balaban J connectivity index is 1.95. The normalized spacial score (nSPS) is 15.4. The molecule has 4 nitrogen and oxygen atoms in total. The Labute approximate surface area is 118 Å². The summed E-state index contributed by atoms with van der Waals surface area (Å²) in [6.45, 7) is 0. The SMILES string of the molecule is S=c1[nH]nc(C2CC2)n1/N=C\c1ccccc1Br. The van der Waals surface area contributed by atoms with Crippen LogP contribution in [0, 0.1) is 4.77 Å². The highest BCUT2D eigenvalue weighted by Gasteiger charge is 2.29. The third-order valence-electron chi connectivity index (χ3n) is 2.84. The van der Waals surface area contributed by atoms with Crippen LogP contribution >= 0.6 is 28.1 Å². The van der Waals surface area contributed by atoms with Gasteiger partial charge < -0.3 is 0 Å². The summed E-state index contributed by atoms with van der Waals surface area (Å²) in [5.41, 5.74) is 1.02. The van der Waals surface area contributed by atoms with Gasteiger partial charge in [-0.25, -0.2) is 0 Å². The van der Waals surface area contributed by atoms with Crippen molar-refractivity contribution in [3.63, 3.8) is 0 Å². The molecule has 1 aromatic heterocycles. The molecule has 6 heteroatoms. The lowest BCUT2D eigenvalue weighted by Crippen LogP contribution is -1.97. The summed E-state index contributed by atoms with van der Waals surface area (Å²) in [7, 11) is 0. The van der Waals surface area contributed by atoms with Crippen LogP contribution in [0.4, 0.5) is 0 Å². The summed E-state index contributed by atoms with van der Waals surface area (Å²) in [4.78, 5) is 0. The van der Waals surface area contributed by atoms with E-state index in [4.69, 9.17) is 12.2 Å². The van der Waals surface area contributed by atoms with Crippen molar-refractivity contribution in [1.29, 1.82) is 0 Å². The van der Waals surface area contributed by atoms with Crippen LogP contribution in [0.1, 0.15) is 30.1 Å². The van der Waals surface area contributed by atoms with Crippen LogP contribution < -0.4 is 0 Å². The molecule has 18 heavy (non-hydrogen) atoms. The number of benzene rings is 1. The van der Waals surface area contributed by atoms with Gasteiger partial charge in [-0.3, -0.25) is 5.10 Å². The molecule has 1 aliphatic carbocycles. The van der Waals surface area contributed by atoms with Gasteiger partial charge in [0.1, 0.15) is 0 Å². The minimum absolute atomic E-state index is 0.509. The molecule has 1 aliphatic rings. The minimum Gasteiger partial charge on any atom is -0.250 e. The van der Waals surface area contributed by atoms with Crippen molar-refractivity contribution in [3.8, 4) is 0 Å². The van der Waals surface area contributed by atoms with E-state index in [9.17, 15) is 0 Å². The van der Waals surface area contributed by atoms with Gasteiger partial charge in [-0.05, 0) is 31.1 Å². The number of aromatic nitrogens is 3. The third-order valence-corrected chi connectivity index (χ3v) is 3.82. The number of nitrogens with one attached hydrogen (secondary N) is 1. The molecule has 0 radical (unpaired) electrons. The molecule has 1 saturated carbocycles. The third kappa shape index (κ3) is 2.30. The molecule has 0 amide bonds. The van der Waals surface area contributed by atoms with Crippen molar-refractivity contribution in [2.24, 2.45) is 5.10 Å². The average Bonchev–Trinajstić information content (AvgIpc) is 3.14. The summed E-state index contributed by atoms with van der Waals surface area (Å²) in [6, 6.07) is 7.93. The lowest BCUT2D eigenvalue weighted by Gasteiger charge is -1.99. The number of halogens is 1. The fraction of sp³-hybridized carbons (Fsp3) is 0.250. The average molecular weight is 323 g/mol. The maximum Gasteiger partial charge on any atom is 0.216 e. The first-order valence-corrected chi connectivity index (χ1v) is 6.92. The first-order chi connectivity index (χ1) is 8.75. The van der Waals surface area contributed by atoms with Gasteiger partial charge in [0.25, 0.3) is 0 Å². The Morgan fingerprint density at radius 2 is 2.22 bits per heavy atom. The van der Waals surface area contributed by atoms with E-state index in [1.54, 1.807) is 10.9 Å². The molecule has 2 aromatic rings. The Kier molecular flexibility index (Phi) is 3.13. The number of aromatic amines is 1. The summed E-state index contributed by atoms with van der Waals surface area (Å²) < 4.78 is 3.27. The molecule has 1 N–H and O–H groups in total. The number of nitrogens with zero attached hydrogens (tertiary/aromatic N) is 3. The van der Waals surface area contributed by atoms with Crippen LogP contribution in [0.15, 0.2) is 33.8 Å². The van der Waals surface area contributed by atoms with Crippen LogP contribution in [-0.2, 0) is 0 Å². The van der Waals surface area contributed by atoms with E-state index in [2.05, 4.69) is 31.2 Å². The lowest BCUT2D eigenvalue weighted by atomic mass is 10.2. The van der Waals surface area contributed by atoms with Crippen molar-refractivity contribution in [2.75, 3.05) is 0 Å². The van der Waals surface area contributed by atoms with Crippen LogP contribution in [-0.4, -0.2) is 21.1 Å². The highest BCUT2D eigenvalue weighted by Crippen LogP contribution is 2.38. The fourth-order valence-electron chi connectivity index (χ4n) is 1.72. The second-order valence-corrected chi connectivity index (χ2v) is 5.48. The highest BCUT2D eigenvalue weighted by atomic mass is 79.9. The zero-order valence-electron chi connectivity index (χ0n) is 9.51. The van der Waals surface area contributed by atoms with Gasteiger partial charge in [-0.15, -0.1) is 0 Å². The molecule has 0 spiro atoms. The number of rotatable bonds is 3. The van der Waals surface area contributed by atoms with Crippen molar-refractivity contribution in [2.45, 2.75) is 18.8 Å². The summed E-state index contributed by atoms with van der Waals surface area (Å²) in [6.07, 6.45) is 4.13. The van der Waals surface area contributed by atoms with Crippen LogP contribution in [0.5, 0.6) is 0 Å². The zero-order chi connectivity index (χ0) is 12.5. The zero-order valence-corrected chi connectivity index (χ0v) is 11.9. The molecule has 92 valence electrons. The Hall–Kier alpha value is -1.27. The monoisotopic (exact) mass is 322 g/mol. The Bertz CT molecular complexity index is 654. The number of hydrogen-bond donors (Lipinski definition) is 1. The molecular formula is C12H11BrN4S. The first-order valence-electron chi connectivity index (χ1n) is 5.72. The van der Waals surface area contributed by atoms with E-state index in [1.807, 2.05) is 24.3 Å². The standard InChI is InChI=1S/C12H11BrN4S/c13-10-4-2-1-3-9(10)7-14-17-11(8-5-6-8)15-16-12(17)18/h1-4,7-8H,5-6H2,(H,16,18)/b14-7-. The van der Waals surface area contributed by atoms with E-state index in [0.717, 1.165) is 15.9 Å². The van der Waals surface area contributed by atoms with Crippen molar-refractivity contribution < 1.29 is 0 Å². The van der Waals surface area contributed by atoms with Gasteiger partial charge in [-0.2, -0.15) is 14.9 Å². The van der Waals surface area contributed by atoms with Gasteiger partial charge >= 0.3 is 0 Å². The molecule has 3 rings (SSSR count).